The van der Waals surface area contributed by atoms with E-state index in [1.165, 1.54) is 11.8 Å². The lowest BCUT2D eigenvalue weighted by Crippen LogP contribution is -2.25. The molecule has 2 N–H and O–H groups in total. The number of nitrogens with one attached hydrogen (secondary N) is 2. The Kier molecular flexibility index (Phi) is 6.93. The molecule has 0 radical (unpaired) electrons. The minimum absolute atomic E-state index is 0.117. The largest absolute Gasteiger partial charge is 0.343 e. The fraction of sp³-hybridized carbons (Fsp3) is 0.318. The second-order valence-electron chi connectivity index (χ2n) is 7.19. The van der Waals surface area contributed by atoms with E-state index in [2.05, 4.69) is 29.4 Å². The Morgan fingerprint density at radius 1 is 1.10 bits per heavy atom. The number of para-hydroxylation sites is 1. The summed E-state index contributed by atoms with van der Waals surface area (Å²) in [7, 11) is 0. The summed E-state index contributed by atoms with van der Waals surface area (Å²) in [6.07, 6.45) is 0.718. The molecule has 152 valence electrons. The van der Waals surface area contributed by atoms with Crippen LogP contribution in [-0.2, 0) is 17.8 Å². The molecule has 29 heavy (non-hydrogen) atoms. The van der Waals surface area contributed by atoms with Gasteiger partial charge in [0.05, 0.1) is 5.25 Å². The summed E-state index contributed by atoms with van der Waals surface area (Å²) in [6.45, 7) is 6.52. The highest BCUT2D eigenvalue weighted by atomic mass is 32.2. The van der Waals surface area contributed by atoms with E-state index in [1.807, 2.05) is 61.5 Å². The van der Waals surface area contributed by atoms with Crippen LogP contribution in [0.3, 0.4) is 0 Å². The van der Waals surface area contributed by atoms with Crippen molar-refractivity contribution in [3.63, 3.8) is 0 Å². The summed E-state index contributed by atoms with van der Waals surface area (Å²) in [5, 5.41) is 9.74. The molecule has 0 aliphatic rings. The summed E-state index contributed by atoms with van der Waals surface area (Å²) in [5.74, 6) is 0.192. The topological polar surface area (TPSA) is 79.8 Å². The Hall–Kier alpha value is -2.80. The van der Waals surface area contributed by atoms with Gasteiger partial charge in [-0.1, -0.05) is 74.1 Å². The number of aryl methyl sites for hydroxylation is 1. The van der Waals surface area contributed by atoms with Crippen LogP contribution < -0.4 is 11.0 Å². The Morgan fingerprint density at radius 3 is 2.52 bits per heavy atom. The van der Waals surface area contributed by atoms with Gasteiger partial charge in [-0.3, -0.25) is 9.36 Å². The summed E-state index contributed by atoms with van der Waals surface area (Å²) < 4.78 is 1.59. The Morgan fingerprint density at radius 2 is 1.79 bits per heavy atom. The molecule has 1 amide bonds. The number of hydrogen-bond donors (Lipinski definition) is 2. The van der Waals surface area contributed by atoms with E-state index in [4.69, 9.17) is 0 Å². The number of aromatic amines is 1. The van der Waals surface area contributed by atoms with E-state index in [1.54, 1.807) is 4.57 Å². The van der Waals surface area contributed by atoms with E-state index >= 15 is 0 Å². The summed E-state index contributed by atoms with van der Waals surface area (Å²) in [5.41, 5.74) is 2.80. The van der Waals surface area contributed by atoms with Gasteiger partial charge in [0.1, 0.15) is 0 Å². The molecule has 1 aromatic heterocycles. The van der Waals surface area contributed by atoms with Crippen molar-refractivity contribution in [2.24, 2.45) is 0 Å². The maximum Gasteiger partial charge on any atom is 0.343 e. The summed E-state index contributed by atoms with van der Waals surface area (Å²) >= 11 is 1.28. The van der Waals surface area contributed by atoms with Crippen molar-refractivity contribution in [2.75, 3.05) is 5.32 Å². The molecule has 0 aliphatic heterocycles. The van der Waals surface area contributed by atoms with E-state index in [0.29, 0.717) is 17.6 Å². The van der Waals surface area contributed by atoms with Gasteiger partial charge in [-0.15, -0.1) is 5.10 Å². The van der Waals surface area contributed by atoms with Crippen molar-refractivity contribution in [1.82, 2.24) is 14.8 Å². The molecule has 1 heterocycles. The highest BCUT2D eigenvalue weighted by Crippen LogP contribution is 2.26. The predicted molar refractivity (Wildman–Crippen MR) is 117 cm³/mol. The van der Waals surface area contributed by atoms with Crippen LogP contribution in [0.4, 0.5) is 5.69 Å². The normalized spacial score (nSPS) is 12.1. The highest BCUT2D eigenvalue weighted by molar-refractivity contribution is 8.00. The number of anilines is 1. The zero-order valence-electron chi connectivity index (χ0n) is 16.9. The molecule has 7 heteroatoms. The molecule has 0 fully saturated rings. The summed E-state index contributed by atoms with van der Waals surface area (Å²) in [6, 6.07) is 17.8. The first-order valence-electron chi connectivity index (χ1n) is 9.71. The van der Waals surface area contributed by atoms with Crippen molar-refractivity contribution in [3.8, 4) is 0 Å². The molecule has 0 bridgehead atoms. The van der Waals surface area contributed by atoms with Gasteiger partial charge in [0.15, 0.2) is 5.16 Å². The van der Waals surface area contributed by atoms with Crippen LogP contribution in [0.5, 0.6) is 0 Å². The first kappa shape index (κ1) is 20.9. The SMILES string of the molecule is CC(C)c1ccccc1NC(=O)[C@H](C)Sc1n[nH]c(=O)n1CCc1ccccc1. The van der Waals surface area contributed by atoms with Crippen molar-refractivity contribution < 1.29 is 4.79 Å². The van der Waals surface area contributed by atoms with Gasteiger partial charge in [-0.25, -0.2) is 9.89 Å². The number of H-pyrrole nitrogens is 1. The number of carbonyl (C=O) groups is 1. The standard InChI is InChI=1S/C22H26N4O2S/c1-15(2)18-11-7-8-12-19(18)23-20(27)16(3)29-22-25-24-21(28)26(22)14-13-17-9-5-4-6-10-17/h4-12,15-16H,13-14H2,1-3H3,(H,23,27)(H,24,28)/t16-/m0/s1. The average Bonchev–Trinajstić information content (AvgIpc) is 3.06. The minimum Gasteiger partial charge on any atom is -0.325 e. The van der Waals surface area contributed by atoms with Crippen LogP contribution in [0, 0.1) is 0 Å². The van der Waals surface area contributed by atoms with Gasteiger partial charge >= 0.3 is 5.69 Å². The van der Waals surface area contributed by atoms with Crippen LogP contribution in [0.15, 0.2) is 64.5 Å². The zero-order chi connectivity index (χ0) is 20.8. The van der Waals surface area contributed by atoms with Gasteiger partial charge < -0.3 is 5.32 Å². The molecule has 3 rings (SSSR count). The minimum atomic E-state index is -0.402. The maximum atomic E-state index is 12.7. The fourth-order valence-electron chi connectivity index (χ4n) is 3.04. The highest BCUT2D eigenvalue weighted by Gasteiger charge is 2.20. The first-order chi connectivity index (χ1) is 14.0. The van der Waals surface area contributed by atoms with Crippen LogP contribution >= 0.6 is 11.8 Å². The number of nitrogens with zero attached hydrogens (tertiary/aromatic N) is 2. The predicted octanol–water partition coefficient (Wildman–Crippen LogP) is 4.06. The molecule has 1 atom stereocenters. The molecule has 0 unspecified atom stereocenters. The van der Waals surface area contributed by atoms with Gasteiger partial charge in [0.25, 0.3) is 0 Å². The van der Waals surface area contributed by atoms with Crippen molar-refractivity contribution in [2.45, 2.75) is 50.1 Å². The number of aromatic nitrogens is 3. The number of rotatable bonds is 8. The number of thioether (sulfide) groups is 1. The molecular weight excluding hydrogens is 384 g/mol. The lowest BCUT2D eigenvalue weighted by Gasteiger charge is -2.16. The van der Waals surface area contributed by atoms with Crippen LogP contribution in [0.2, 0.25) is 0 Å². The van der Waals surface area contributed by atoms with Gasteiger partial charge in [-0.05, 0) is 36.5 Å². The third-order valence-electron chi connectivity index (χ3n) is 4.68. The van der Waals surface area contributed by atoms with Crippen molar-refractivity contribution >= 4 is 23.4 Å². The molecular formula is C22H26N4O2S. The molecule has 0 saturated heterocycles. The molecule has 3 aromatic rings. The zero-order valence-corrected chi connectivity index (χ0v) is 17.7. The molecule has 0 spiro atoms. The Labute approximate surface area is 174 Å². The molecule has 2 aromatic carbocycles. The fourth-order valence-corrected chi connectivity index (χ4v) is 3.92. The maximum absolute atomic E-state index is 12.7. The summed E-state index contributed by atoms with van der Waals surface area (Å²) in [4.78, 5) is 24.9. The van der Waals surface area contributed by atoms with E-state index in [9.17, 15) is 9.59 Å². The average molecular weight is 411 g/mol. The van der Waals surface area contributed by atoms with E-state index in [-0.39, 0.29) is 11.6 Å². The lowest BCUT2D eigenvalue weighted by molar-refractivity contribution is -0.115. The quantitative estimate of drug-likeness (QED) is 0.549. The van der Waals surface area contributed by atoms with Crippen LogP contribution in [0.25, 0.3) is 0 Å². The third-order valence-corrected chi connectivity index (χ3v) is 5.77. The third kappa shape index (κ3) is 5.38. The second kappa shape index (κ2) is 9.60. The number of amides is 1. The van der Waals surface area contributed by atoms with Gasteiger partial charge in [0.2, 0.25) is 5.91 Å². The number of carbonyl (C=O) groups excluding carboxylic acids is 1. The van der Waals surface area contributed by atoms with Gasteiger partial charge in [0, 0.05) is 12.2 Å². The molecule has 0 saturated carbocycles. The van der Waals surface area contributed by atoms with Crippen molar-refractivity contribution in [1.29, 1.82) is 0 Å². The van der Waals surface area contributed by atoms with E-state index in [0.717, 1.165) is 23.2 Å². The Balaban J connectivity index is 1.67. The smallest absolute Gasteiger partial charge is 0.325 e. The lowest BCUT2D eigenvalue weighted by atomic mass is 10.0. The molecule has 6 nitrogen and oxygen atoms in total. The molecule has 0 aliphatic carbocycles. The number of benzene rings is 2. The Bertz CT molecular complexity index is 1010. The second-order valence-corrected chi connectivity index (χ2v) is 8.50. The van der Waals surface area contributed by atoms with Crippen LogP contribution in [-0.4, -0.2) is 25.9 Å². The number of hydrogen-bond acceptors (Lipinski definition) is 4. The van der Waals surface area contributed by atoms with Crippen molar-refractivity contribution in [3.05, 3.63) is 76.2 Å². The van der Waals surface area contributed by atoms with E-state index < -0.39 is 5.25 Å². The monoisotopic (exact) mass is 410 g/mol. The van der Waals surface area contributed by atoms with Gasteiger partial charge in [-0.2, -0.15) is 0 Å². The first-order valence-corrected chi connectivity index (χ1v) is 10.6. The van der Waals surface area contributed by atoms with Crippen LogP contribution in [0.1, 0.15) is 37.8 Å².